The highest BCUT2D eigenvalue weighted by atomic mass is 79.9. The maximum atomic E-state index is 12.1. The van der Waals surface area contributed by atoms with E-state index in [-0.39, 0.29) is 17.3 Å². The summed E-state index contributed by atoms with van der Waals surface area (Å²) in [6, 6.07) is 5.06. The van der Waals surface area contributed by atoms with E-state index in [2.05, 4.69) is 15.9 Å². The van der Waals surface area contributed by atoms with Gasteiger partial charge in [-0.05, 0) is 24.6 Å². The summed E-state index contributed by atoms with van der Waals surface area (Å²) in [5.74, 6) is -0.246. The van der Waals surface area contributed by atoms with Crippen molar-refractivity contribution in [2.24, 2.45) is 0 Å². The number of allylic oxidation sites excluding steroid dienone is 2. The maximum Gasteiger partial charge on any atom is 0.228 e. The highest BCUT2D eigenvalue weighted by molar-refractivity contribution is 9.10. The van der Waals surface area contributed by atoms with Crippen LogP contribution < -0.4 is 0 Å². The number of hydrogen-bond donors (Lipinski definition) is 0. The molecular formula is C14H13BrO3. The zero-order valence-electron chi connectivity index (χ0n) is 10.0. The second-order valence-corrected chi connectivity index (χ2v) is 5.01. The predicted molar refractivity (Wildman–Crippen MR) is 71.7 cm³/mol. The Hall–Kier alpha value is -1.42. The molecule has 0 unspecified atom stereocenters. The lowest BCUT2D eigenvalue weighted by Crippen LogP contribution is -2.19. The maximum absolute atomic E-state index is 12.1. The van der Waals surface area contributed by atoms with E-state index < -0.39 is 0 Å². The number of rotatable bonds is 4. The van der Waals surface area contributed by atoms with E-state index in [0.717, 1.165) is 17.3 Å². The van der Waals surface area contributed by atoms with Gasteiger partial charge < -0.3 is 4.74 Å². The molecule has 0 amide bonds. The molecule has 0 spiro atoms. The zero-order valence-corrected chi connectivity index (χ0v) is 11.6. The van der Waals surface area contributed by atoms with Crippen molar-refractivity contribution in [3.8, 4) is 0 Å². The third-order valence-electron chi connectivity index (χ3n) is 2.73. The summed E-state index contributed by atoms with van der Waals surface area (Å²) >= 11 is 3.30. The van der Waals surface area contributed by atoms with Crippen LogP contribution in [0.15, 0.2) is 34.5 Å². The highest BCUT2D eigenvalue weighted by Crippen LogP contribution is 2.25. The van der Waals surface area contributed by atoms with Crippen LogP contribution in [0.1, 0.15) is 40.5 Å². The van der Waals surface area contributed by atoms with Crippen molar-refractivity contribution in [3.63, 3.8) is 0 Å². The summed E-state index contributed by atoms with van der Waals surface area (Å²) in [6.07, 6.45) is 3.13. The van der Waals surface area contributed by atoms with E-state index in [9.17, 15) is 9.59 Å². The van der Waals surface area contributed by atoms with Gasteiger partial charge in [-0.15, -0.1) is 0 Å². The molecule has 1 aliphatic rings. The van der Waals surface area contributed by atoms with Crippen LogP contribution in [0.2, 0.25) is 0 Å². The quantitative estimate of drug-likeness (QED) is 0.799. The lowest BCUT2D eigenvalue weighted by atomic mass is 9.94. The first-order valence-electron chi connectivity index (χ1n) is 5.86. The Morgan fingerprint density at radius 2 is 2.00 bits per heavy atom. The third-order valence-corrected chi connectivity index (χ3v) is 3.23. The van der Waals surface area contributed by atoms with Crippen LogP contribution in [-0.4, -0.2) is 18.2 Å². The second-order valence-electron chi connectivity index (χ2n) is 4.09. The van der Waals surface area contributed by atoms with Crippen LogP contribution in [0.4, 0.5) is 0 Å². The zero-order chi connectivity index (χ0) is 13.1. The minimum atomic E-state index is -0.220. The van der Waals surface area contributed by atoms with Crippen molar-refractivity contribution in [1.82, 2.24) is 0 Å². The Bertz CT molecular complexity index is 532. The van der Waals surface area contributed by atoms with Gasteiger partial charge >= 0.3 is 0 Å². The first-order chi connectivity index (χ1) is 8.63. The van der Waals surface area contributed by atoms with Gasteiger partial charge in [0.05, 0.1) is 6.61 Å². The summed E-state index contributed by atoms with van der Waals surface area (Å²) in [5.41, 5.74) is 0.842. The fourth-order valence-corrected chi connectivity index (χ4v) is 2.11. The van der Waals surface area contributed by atoms with E-state index in [0.29, 0.717) is 17.7 Å². The summed E-state index contributed by atoms with van der Waals surface area (Å²) in [5, 5.41) is 0. The fourth-order valence-electron chi connectivity index (χ4n) is 1.75. The lowest BCUT2D eigenvalue weighted by molar-refractivity contribution is 0.0880. The van der Waals surface area contributed by atoms with E-state index in [1.165, 1.54) is 6.08 Å². The average molecular weight is 309 g/mol. The van der Waals surface area contributed by atoms with Crippen LogP contribution in [0.3, 0.4) is 0 Å². The molecule has 2 rings (SSSR count). The van der Waals surface area contributed by atoms with E-state index in [1.807, 2.05) is 6.92 Å². The van der Waals surface area contributed by atoms with Crippen molar-refractivity contribution in [2.45, 2.75) is 19.8 Å². The second kappa shape index (κ2) is 5.48. The Kier molecular flexibility index (Phi) is 3.97. The molecule has 0 aromatic heterocycles. The lowest BCUT2D eigenvalue weighted by Gasteiger charge is -2.15. The number of carbonyl (C=O) groups is 2. The van der Waals surface area contributed by atoms with Gasteiger partial charge in [0.15, 0.2) is 11.5 Å². The number of Topliss-reactive ketones (excluding diaryl/α,β-unsaturated/α-hetero) is 1. The average Bonchev–Trinajstić information content (AvgIpc) is 2.35. The molecule has 1 aromatic rings. The van der Waals surface area contributed by atoms with Gasteiger partial charge in [-0.1, -0.05) is 29.3 Å². The topological polar surface area (TPSA) is 43.4 Å². The molecule has 0 aliphatic heterocycles. The molecule has 0 atom stereocenters. The molecule has 3 nitrogen and oxygen atoms in total. The molecule has 0 fully saturated rings. The van der Waals surface area contributed by atoms with Crippen LogP contribution in [0.25, 0.3) is 0 Å². The smallest absolute Gasteiger partial charge is 0.228 e. The van der Waals surface area contributed by atoms with Crippen LogP contribution in [-0.2, 0) is 4.74 Å². The largest absolute Gasteiger partial charge is 0.489 e. The molecule has 0 N–H and O–H groups in total. The Balaban J connectivity index is 2.28. The van der Waals surface area contributed by atoms with Gasteiger partial charge in [-0.3, -0.25) is 9.59 Å². The van der Waals surface area contributed by atoms with E-state index in [4.69, 9.17) is 4.74 Å². The molecule has 0 saturated carbocycles. The number of benzene rings is 1. The minimum Gasteiger partial charge on any atom is -0.489 e. The van der Waals surface area contributed by atoms with E-state index in [1.54, 1.807) is 18.2 Å². The molecule has 0 radical (unpaired) electrons. The number of ether oxygens (including phenoxy) is 1. The molecule has 94 valence electrons. The van der Waals surface area contributed by atoms with Crippen LogP contribution in [0, 0.1) is 0 Å². The molecule has 18 heavy (non-hydrogen) atoms. The SMILES string of the molecule is CCCCOC1=CC(=O)c2ccc(Br)cc2C1=O. The van der Waals surface area contributed by atoms with Gasteiger partial charge in [-0.2, -0.15) is 0 Å². The summed E-state index contributed by atoms with van der Waals surface area (Å²) in [4.78, 5) is 24.0. The predicted octanol–water partition coefficient (Wildman–Crippen LogP) is 3.53. The number of carbonyl (C=O) groups excluding carboxylic acids is 2. The number of hydrogen-bond acceptors (Lipinski definition) is 3. The monoisotopic (exact) mass is 308 g/mol. The Labute approximate surface area is 114 Å². The first kappa shape index (κ1) is 13.0. The molecule has 4 heteroatoms. The summed E-state index contributed by atoms with van der Waals surface area (Å²) in [6.45, 7) is 2.50. The molecule has 0 saturated heterocycles. The summed E-state index contributed by atoms with van der Waals surface area (Å²) < 4.78 is 6.15. The van der Waals surface area contributed by atoms with Crippen LogP contribution in [0.5, 0.6) is 0 Å². The number of ketones is 2. The van der Waals surface area contributed by atoms with Gasteiger partial charge in [-0.25, -0.2) is 0 Å². The Morgan fingerprint density at radius 3 is 2.72 bits per heavy atom. The minimum absolute atomic E-state index is 0.152. The van der Waals surface area contributed by atoms with Crippen molar-refractivity contribution >= 4 is 27.5 Å². The van der Waals surface area contributed by atoms with Crippen molar-refractivity contribution in [3.05, 3.63) is 45.6 Å². The van der Waals surface area contributed by atoms with Crippen LogP contribution >= 0.6 is 15.9 Å². The van der Waals surface area contributed by atoms with Gasteiger partial charge in [0.2, 0.25) is 5.78 Å². The van der Waals surface area contributed by atoms with Crippen molar-refractivity contribution < 1.29 is 14.3 Å². The molecule has 0 heterocycles. The highest BCUT2D eigenvalue weighted by Gasteiger charge is 2.26. The standard InChI is InChI=1S/C14H13BrO3/c1-2-3-6-18-13-8-12(16)10-5-4-9(15)7-11(10)14(13)17/h4-5,7-8H,2-3,6H2,1H3. The number of unbranched alkanes of at least 4 members (excludes halogenated alkanes) is 1. The molecule has 1 aliphatic carbocycles. The Morgan fingerprint density at radius 1 is 1.22 bits per heavy atom. The number of fused-ring (bicyclic) bond motifs is 1. The normalized spacial score (nSPS) is 14.2. The van der Waals surface area contributed by atoms with Gasteiger partial charge in [0.1, 0.15) is 0 Å². The fraction of sp³-hybridized carbons (Fsp3) is 0.286. The van der Waals surface area contributed by atoms with E-state index >= 15 is 0 Å². The molecule has 0 bridgehead atoms. The van der Waals surface area contributed by atoms with Gasteiger partial charge in [0, 0.05) is 21.7 Å². The van der Waals surface area contributed by atoms with Gasteiger partial charge in [0.25, 0.3) is 0 Å². The number of halogens is 1. The third kappa shape index (κ3) is 2.53. The van der Waals surface area contributed by atoms with Crippen molar-refractivity contribution in [1.29, 1.82) is 0 Å². The molecular weight excluding hydrogens is 296 g/mol. The van der Waals surface area contributed by atoms with Crippen molar-refractivity contribution in [2.75, 3.05) is 6.61 Å². The summed E-state index contributed by atoms with van der Waals surface area (Å²) in [7, 11) is 0. The molecule has 1 aromatic carbocycles. The first-order valence-corrected chi connectivity index (χ1v) is 6.66.